The Morgan fingerprint density at radius 3 is 2.64 bits per heavy atom. The molecule has 2 heteroatoms. The zero-order valence-corrected chi connectivity index (χ0v) is 6.48. The minimum absolute atomic E-state index is 0.730. The molecule has 11 heavy (non-hydrogen) atoms. The normalized spacial score (nSPS) is 40.5. The predicted molar refractivity (Wildman–Crippen MR) is 42.1 cm³/mol. The van der Waals surface area contributed by atoms with Crippen molar-refractivity contribution in [2.45, 2.75) is 25.3 Å². The van der Waals surface area contributed by atoms with Crippen LogP contribution in [0.15, 0.2) is 18.5 Å². The number of fused-ring (bicyclic) bond motifs is 1. The topological polar surface area (TPSA) is 17.8 Å². The van der Waals surface area contributed by atoms with E-state index in [-0.39, 0.29) is 0 Å². The van der Waals surface area contributed by atoms with E-state index in [0.29, 0.717) is 0 Å². The van der Waals surface area contributed by atoms with Gasteiger partial charge in [0, 0.05) is 12.4 Å². The van der Waals surface area contributed by atoms with E-state index in [2.05, 4.69) is 16.0 Å². The lowest BCUT2D eigenvalue weighted by atomic mass is 10.2. The van der Waals surface area contributed by atoms with Gasteiger partial charge in [0.05, 0.1) is 6.04 Å². The monoisotopic (exact) mass is 148 g/mol. The summed E-state index contributed by atoms with van der Waals surface area (Å²) >= 11 is 0. The lowest BCUT2D eigenvalue weighted by Gasteiger charge is -2.11. The molecule has 2 fully saturated rings. The van der Waals surface area contributed by atoms with Crippen LogP contribution in [0, 0.1) is 11.8 Å². The smallest absolute Gasteiger partial charge is 0.0524 e. The van der Waals surface area contributed by atoms with E-state index in [1.807, 2.05) is 12.3 Å². The molecule has 2 saturated carbocycles. The molecule has 0 aromatic carbocycles. The molecule has 0 aliphatic heterocycles. The van der Waals surface area contributed by atoms with Crippen molar-refractivity contribution in [3.8, 4) is 0 Å². The molecule has 0 radical (unpaired) electrons. The largest absolute Gasteiger partial charge is 0.270 e. The van der Waals surface area contributed by atoms with Gasteiger partial charge in [0.25, 0.3) is 0 Å². The Labute approximate surface area is 66.2 Å². The van der Waals surface area contributed by atoms with Crippen molar-refractivity contribution in [3.63, 3.8) is 0 Å². The molecule has 3 rings (SSSR count). The predicted octanol–water partition coefficient (Wildman–Crippen LogP) is 1.85. The highest BCUT2D eigenvalue weighted by molar-refractivity contribution is 4.98. The van der Waals surface area contributed by atoms with Gasteiger partial charge in [-0.2, -0.15) is 5.10 Å². The highest BCUT2D eigenvalue weighted by Crippen LogP contribution is 2.55. The standard InChI is InChI=1S/C9H12N2/c1-2-10-11(3-1)9-5-7-4-8(7)6-9/h1-3,7-9H,4-6H2. The van der Waals surface area contributed by atoms with Crippen LogP contribution in [0.4, 0.5) is 0 Å². The second kappa shape index (κ2) is 1.87. The fourth-order valence-corrected chi connectivity index (χ4v) is 2.40. The maximum absolute atomic E-state index is 4.27. The van der Waals surface area contributed by atoms with Crippen LogP contribution in [0.2, 0.25) is 0 Å². The van der Waals surface area contributed by atoms with Gasteiger partial charge < -0.3 is 0 Å². The minimum atomic E-state index is 0.730. The molecule has 2 aliphatic rings. The molecule has 2 unspecified atom stereocenters. The Balaban J connectivity index is 1.81. The molecule has 0 N–H and O–H groups in total. The van der Waals surface area contributed by atoms with Crippen LogP contribution in [-0.4, -0.2) is 9.78 Å². The van der Waals surface area contributed by atoms with E-state index in [0.717, 1.165) is 17.9 Å². The Kier molecular flexibility index (Phi) is 0.989. The van der Waals surface area contributed by atoms with Gasteiger partial charge in [-0.15, -0.1) is 0 Å². The first kappa shape index (κ1) is 5.81. The molecule has 2 nitrogen and oxygen atoms in total. The lowest BCUT2D eigenvalue weighted by Crippen LogP contribution is -2.06. The van der Waals surface area contributed by atoms with E-state index in [1.54, 1.807) is 0 Å². The first-order valence-electron chi connectivity index (χ1n) is 4.42. The van der Waals surface area contributed by atoms with Crippen molar-refractivity contribution < 1.29 is 0 Å². The Hall–Kier alpha value is -0.790. The number of rotatable bonds is 1. The first-order valence-corrected chi connectivity index (χ1v) is 4.42. The van der Waals surface area contributed by atoms with Gasteiger partial charge in [0.1, 0.15) is 0 Å². The third-order valence-corrected chi connectivity index (χ3v) is 3.12. The van der Waals surface area contributed by atoms with Crippen LogP contribution in [0.5, 0.6) is 0 Å². The third kappa shape index (κ3) is 0.817. The van der Waals surface area contributed by atoms with Gasteiger partial charge in [-0.05, 0) is 37.2 Å². The van der Waals surface area contributed by atoms with Gasteiger partial charge in [0.2, 0.25) is 0 Å². The summed E-state index contributed by atoms with van der Waals surface area (Å²) in [4.78, 5) is 0. The Bertz CT molecular complexity index is 243. The van der Waals surface area contributed by atoms with E-state index in [1.165, 1.54) is 19.3 Å². The van der Waals surface area contributed by atoms with Gasteiger partial charge in [-0.25, -0.2) is 0 Å². The van der Waals surface area contributed by atoms with Crippen molar-refractivity contribution in [2.75, 3.05) is 0 Å². The SMILES string of the molecule is c1cnn(C2CC3CC3C2)c1. The van der Waals surface area contributed by atoms with Crippen molar-refractivity contribution >= 4 is 0 Å². The third-order valence-electron chi connectivity index (χ3n) is 3.12. The van der Waals surface area contributed by atoms with Gasteiger partial charge in [-0.3, -0.25) is 4.68 Å². The van der Waals surface area contributed by atoms with Crippen molar-refractivity contribution in [2.24, 2.45) is 11.8 Å². The second-order valence-corrected chi connectivity index (χ2v) is 3.87. The van der Waals surface area contributed by atoms with Gasteiger partial charge in [-0.1, -0.05) is 0 Å². The van der Waals surface area contributed by atoms with Crippen molar-refractivity contribution in [3.05, 3.63) is 18.5 Å². The zero-order valence-electron chi connectivity index (χ0n) is 6.48. The molecule has 2 aliphatic carbocycles. The molecule has 0 saturated heterocycles. The van der Waals surface area contributed by atoms with Crippen molar-refractivity contribution in [1.82, 2.24) is 9.78 Å². The van der Waals surface area contributed by atoms with Crippen LogP contribution in [0.1, 0.15) is 25.3 Å². The van der Waals surface area contributed by atoms with Crippen molar-refractivity contribution in [1.29, 1.82) is 0 Å². The van der Waals surface area contributed by atoms with E-state index in [4.69, 9.17) is 0 Å². The van der Waals surface area contributed by atoms with Crippen LogP contribution in [0.3, 0.4) is 0 Å². The number of aromatic nitrogens is 2. The fraction of sp³-hybridized carbons (Fsp3) is 0.667. The molecule has 2 atom stereocenters. The number of hydrogen-bond donors (Lipinski definition) is 0. The zero-order chi connectivity index (χ0) is 7.26. The molecule has 0 bridgehead atoms. The summed E-state index contributed by atoms with van der Waals surface area (Å²) in [7, 11) is 0. The van der Waals surface area contributed by atoms with E-state index < -0.39 is 0 Å². The fourth-order valence-electron chi connectivity index (χ4n) is 2.40. The highest BCUT2D eigenvalue weighted by Gasteiger charge is 2.46. The van der Waals surface area contributed by atoms with Crippen LogP contribution in [-0.2, 0) is 0 Å². The van der Waals surface area contributed by atoms with E-state index >= 15 is 0 Å². The molecule has 0 amide bonds. The molecular weight excluding hydrogens is 136 g/mol. The summed E-state index contributed by atoms with van der Waals surface area (Å²) in [6, 6.07) is 2.75. The Morgan fingerprint density at radius 1 is 1.18 bits per heavy atom. The van der Waals surface area contributed by atoms with E-state index in [9.17, 15) is 0 Å². The number of nitrogens with zero attached hydrogens (tertiary/aromatic N) is 2. The summed E-state index contributed by atoms with van der Waals surface area (Å²) in [5, 5.41) is 4.27. The highest BCUT2D eigenvalue weighted by atomic mass is 15.3. The minimum Gasteiger partial charge on any atom is -0.270 e. The molecule has 1 heterocycles. The molecule has 0 spiro atoms. The summed E-state index contributed by atoms with van der Waals surface area (Å²) in [6.07, 6.45) is 8.23. The quantitative estimate of drug-likeness (QED) is 0.594. The lowest BCUT2D eigenvalue weighted by molar-refractivity contribution is 0.426. The molecule has 1 aromatic rings. The summed E-state index contributed by atoms with van der Waals surface area (Å²) in [5.74, 6) is 2.12. The summed E-state index contributed by atoms with van der Waals surface area (Å²) < 4.78 is 2.13. The van der Waals surface area contributed by atoms with Crippen LogP contribution in [0.25, 0.3) is 0 Å². The first-order chi connectivity index (χ1) is 5.43. The maximum Gasteiger partial charge on any atom is 0.0524 e. The Morgan fingerprint density at radius 2 is 2.00 bits per heavy atom. The molecule has 58 valence electrons. The average Bonchev–Trinajstić information content (AvgIpc) is 2.60. The maximum atomic E-state index is 4.27. The summed E-state index contributed by atoms with van der Waals surface area (Å²) in [5.41, 5.74) is 0. The summed E-state index contributed by atoms with van der Waals surface area (Å²) in [6.45, 7) is 0. The molecular formula is C9H12N2. The second-order valence-electron chi connectivity index (χ2n) is 3.87. The van der Waals surface area contributed by atoms with Gasteiger partial charge in [0.15, 0.2) is 0 Å². The van der Waals surface area contributed by atoms with Gasteiger partial charge >= 0.3 is 0 Å². The van der Waals surface area contributed by atoms with Crippen LogP contribution < -0.4 is 0 Å². The average molecular weight is 148 g/mol. The van der Waals surface area contributed by atoms with Crippen LogP contribution >= 0.6 is 0 Å². The number of hydrogen-bond acceptors (Lipinski definition) is 1. The molecule has 1 aromatic heterocycles.